The molecule has 2 rings (SSSR count). The molecule has 0 bridgehead atoms. The average Bonchev–Trinajstić information content (AvgIpc) is 2.71. The molecule has 2 aromatic carbocycles. The third-order valence-electron chi connectivity index (χ3n) is 3.99. The van der Waals surface area contributed by atoms with E-state index in [0.29, 0.717) is 30.5 Å². The summed E-state index contributed by atoms with van der Waals surface area (Å²) in [5, 5.41) is 15.7. The number of benzene rings is 2. The zero-order chi connectivity index (χ0) is 20.2. The summed E-state index contributed by atoms with van der Waals surface area (Å²) in [6.45, 7) is 0.555. The van der Waals surface area contributed by atoms with E-state index in [-0.39, 0.29) is 17.4 Å². The summed E-state index contributed by atoms with van der Waals surface area (Å²) in [6, 6.07) is 15.4. The highest BCUT2D eigenvalue weighted by Crippen LogP contribution is 2.06. The van der Waals surface area contributed by atoms with Crippen molar-refractivity contribution in [2.75, 3.05) is 6.54 Å². The minimum absolute atomic E-state index is 0.102. The molecule has 0 aliphatic carbocycles. The van der Waals surface area contributed by atoms with Gasteiger partial charge in [0.15, 0.2) is 0 Å². The Balaban J connectivity index is 1.60. The molecule has 0 fully saturated rings. The summed E-state index contributed by atoms with van der Waals surface area (Å²) >= 11 is 0. The Morgan fingerprint density at radius 1 is 0.929 bits per heavy atom. The van der Waals surface area contributed by atoms with Crippen molar-refractivity contribution in [3.8, 4) is 0 Å². The second kappa shape index (κ2) is 11.3. The van der Waals surface area contributed by atoms with Crippen LogP contribution in [0, 0.1) is 0 Å². The molecule has 0 unspecified atom stereocenters. The van der Waals surface area contributed by atoms with Crippen molar-refractivity contribution in [2.45, 2.75) is 25.7 Å². The first-order chi connectivity index (χ1) is 13.6. The first-order valence-corrected chi connectivity index (χ1v) is 9.05. The largest absolute Gasteiger partial charge is 0.478 e. The van der Waals surface area contributed by atoms with E-state index in [1.807, 2.05) is 18.2 Å². The second-order valence-corrected chi connectivity index (χ2v) is 6.12. The van der Waals surface area contributed by atoms with Crippen LogP contribution in [-0.2, 0) is 4.79 Å². The van der Waals surface area contributed by atoms with Crippen molar-refractivity contribution in [1.29, 1.82) is 0 Å². The number of hydrogen-bond acceptors (Lipinski definition) is 4. The molecule has 2 amide bonds. The maximum atomic E-state index is 11.9. The van der Waals surface area contributed by atoms with Crippen LogP contribution in [-0.4, -0.2) is 35.6 Å². The van der Waals surface area contributed by atoms with Gasteiger partial charge < -0.3 is 10.4 Å². The molecular formula is C21H23N3O4. The fourth-order valence-electron chi connectivity index (χ4n) is 2.51. The fraction of sp³-hybridized carbons (Fsp3) is 0.238. The molecular weight excluding hydrogens is 358 g/mol. The van der Waals surface area contributed by atoms with Crippen molar-refractivity contribution in [3.63, 3.8) is 0 Å². The highest BCUT2D eigenvalue weighted by atomic mass is 16.4. The molecule has 2 aromatic rings. The third kappa shape index (κ3) is 7.03. The summed E-state index contributed by atoms with van der Waals surface area (Å²) < 4.78 is 0. The van der Waals surface area contributed by atoms with Crippen LogP contribution in [0.4, 0.5) is 0 Å². The lowest BCUT2D eigenvalue weighted by molar-refractivity contribution is -0.121. The smallest absolute Gasteiger partial charge is 0.336 e. The van der Waals surface area contributed by atoms with E-state index in [1.54, 1.807) is 30.3 Å². The molecule has 0 aliphatic heterocycles. The van der Waals surface area contributed by atoms with Crippen molar-refractivity contribution >= 4 is 24.0 Å². The van der Waals surface area contributed by atoms with E-state index in [0.717, 1.165) is 12.8 Å². The van der Waals surface area contributed by atoms with Gasteiger partial charge in [0.2, 0.25) is 5.91 Å². The van der Waals surface area contributed by atoms with Gasteiger partial charge in [-0.05, 0) is 31.0 Å². The van der Waals surface area contributed by atoms with E-state index in [4.69, 9.17) is 5.11 Å². The molecule has 0 saturated heterocycles. The minimum Gasteiger partial charge on any atom is -0.478 e. The first-order valence-electron chi connectivity index (χ1n) is 9.05. The van der Waals surface area contributed by atoms with E-state index < -0.39 is 5.97 Å². The third-order valence-corrected chi connectivity index (χ3v) is 3.99. The number of carbonyl (C=O) groups is 3. The Hall–Kier alpha value is -3.48. The summed E-state index contributed by atoms with van der Waals surface area (Å²) in [6.07, 6.45) is 3.88. The number of hydrazone groups is 1. The topological polar surface area (TPSA) is 108 Å². The number of aromatic carboxylic acids is 1. The molecule has 146 valence electrons. The maximum Gasteiger partial charge on any atom is 0.336 e. The van der Waals surface area contributed by atoms with Crippen molar-refractivity contribution < 1.29 is 19.5 Å². The van der Waals surface area contributed by atoms with Crippen molar-refractivity contribution in [3.05, 3.63) is 71.3 Å². The van der Waals surface area contributed by atoms with Crippen LogP contribution in [0.3, 0.4) is 0 Å². The van der Waals surface area contributed by atoms with Gasteiger partial charge in [-0.1, -0.05) is 42.8 Å². The van der Waals surface area contributed by atoms with Gasteiger partial charge in [0, 0.05) is 24.1 Å². The Labute approximate surface area is 163 Å². The standard InChI is InChI=1S/C21H23N3O4/c25-19(24-23-15-17-11-6-7-12-18(17)21(27)28)13-5-2-8-14-22-20(26)16-9-3-1-4-10-16/h1,3-4,6-7,9-12,15H,2,5,8,13-14H2,(H,22,26)(H,24,25)(H,27,28). The van der Waals surface area contributed by atoms with Gasteiger partial charge in [0.25, 0.3) is 5.91 Å². The first kappa shape index (κ1) is 20.8. The Morgan fingerprint density at radius 2 is 1.64 bits per heavy atom. The molecule has 3 N–H and O–H groups in total. The quantitative estimate of drug-likeness (QED) is 0.334. The number of amides is 2. The van der Waals surface area contributed by atoms with Crippen LogP contribution in [0.2, 0.25) is 0 Å². The molecule has 0 heterocycles. The van der Waals surface area contributed by atoms with E-state index in [9.17, 15) is 14.4 Å². The molecule has 0 saturated carbocycles. The Morgan fingerprint density at radius 3 is 2.39 bits per heavy atom. The van der Waals surface area contributed by atoms with Crippen LogP contribution in [0.25, 0.3) is 0 Å². The number of hydrogen-bond donors (Lipinski definition) is 3. The van der Waals surface area contributed by atoms with Gasteiger partial charge in [-0.25, -0.2) is 10.2 Å². The van der Waals surface area contributed by atoms with E-state index >= 15 is 0 Å². The van der Waals surface area contributed by atoms with Gasteiger partial charge in [-0.2, -0.15) is 5.10 Å². The van der Waals surface area contributed by atoms with Crippen LogP contribution in [0.1, 0.15) is 52.0 Å². The zero-order valence-electron chi connectivity index (χ0n) is 15.4. The highest BCUT2D eigenvalue weighted by Gasteiger charge is 2.07. The van der Waals surface area contributed by atoms with Gasteiger partial charge >= 0.3 is 5.97 Å². The summed E-state index contributed by atoms with van der Waals surface area (Å²) in [7, 11) is 0. The summed E-state index contributed by atoms with van der Waals surface area (Å²) in [5.41, 5.74) is 3.57. The SMILES string of the molecule is O=C(CCCCCNC(=O)c1ccccc1)NN=Cc1ccccc1C(=O)O. The predicted octanol–water partition coefficient (Wildman–Crippen LogP) is 2.83. The lowest BCUT2D eigenvalue weighted by atomic mass is 10.1. The van der Waals surface area contributed by atoms with Gasteiger partial charge in [0.1, 0.15) is 0 Å². The maximum absolute atomic E-state index is 11.9. The fourth-order valence-corrected chi connectivity index (χ4v) is 2.51. The van der Waals surface area contributed by atoms with Crippen molar-refractivity contribution in [1.82, 2.24) is 10.7 Å². The van der Waals surface area contributed by atoms with Gasteiger partial charge in [0.05, 0.1) is 11.8 Å². The number of nitrogens with zero attached hydrogens (tertiary/aromatic N) is 1. The lowest BCUT2D eigenvalue weighted by Crippen LogP contribution is -2.24. The molecule has 0 aliphatic rings. The van der Waals surface area contributed by atoms with E-state index in [2.05, 4.69) is 15.8 Å². The van der Waals surface area contributed by atoms with Crippen LogP contribution in [0.5, 0.6) is 0 Å². The minimum atomic E-state index is -1.05. The lowest BCUT2D eigenvalue weighted by Gasteiger charge is -2.05. The van der Waals surface area contributed by atoms with Gasteiger partial charge in [-0.15, -0.1) is 0 Å². The monoisotopic (exact) mass is 381 g/mol. The molecule has 7 nitrogen and oxygen atoms in total. The molecule has 0 aromatic heterocycles. The van der Waals surface area contributed by atoms with Crippen LogP contribution < -0.4 is 10.7 Å². The predicted molar refractivity (Wildman–Crippen MR) is 106 cm³/mol. The number of carbonyl (C=O) groups excluding carboxylic acids is 2. The highest BCUT2D eigenvalue weighted by molar-refractivity contribution is 5.98. The summed E-state index contributed by atoms with van der Waals surface area (Å²) in [4.78, 5) is 34.7. The van der Waals surface area contributed by atoms with Gasteiger partial charge in [-0.3, -0.25) is 9.59 Å². The Kier molecular flexibility index (Phi) is 8.39. The summed E-state index contributed by atoms with van der Waals surface area (Å²) in [5.74, 6) is -1.39. The molecule has 0 atom stereocenters. The number of rotatable bonds is 10. The molecule has 28 heavy (non-hydrogen) atoms. The Bertz CT molecular complexity index is 835. The average molecular weight is 381 g/mol. The number of unbranched alkanes of at least 4 members (excludes halogenated alkanes) is 2. The van der Waals surface area contributed by atoms with E-state index in [1.165, 1.54) is 12.3 Å². The molecule has 7 heteroatoms. The second-order valence-electron chi connectivity index (χ2n) is 6.12. The zero-order valence-corrected chi connectivity index (χ0v) is 15.4. The van der Waals surface area contributed by atoms with Crippen LogP contribution >= 0.6 is 0 Å². The van der Waals surface area contributed by atoms with Crippen molar-refractivity contribution in [2.24, 2.45) is 5.10 Å². The normalized spacial score (nSPS) is 10.6. The number of carboxylic acid groups (broad SMARTS) is 1. The van der Waals surface area contributed by atoms with Crippen LogP contribution in [0.15, 0.2) is 59.7 Å². The molecule has 0 spiro atoms. The number of carboxylic acids is 1. The molecule has 0 radical (unpaired) electrons. The number of nitrogens with one attached hydrogen (secondary N) is 2.